The van der Waals surface area contributed by atoms with Crippen LogP contribution in [0.5, 0.6) is 0 Å². The molecule has 326 valence electrons. The molecule has 0 aliphatic carbocycles. The van der Waals surface area contributed by atoms with Gasteiger partial charge in [-0.3, -0.25) is 0 Å². The monoisotopic (exact) mass is 897 g/mol. The van der Waals surface area contributed by atoms with E-state index in [1.807, 2.05) is 174 Å². The van der Waals surface area contributed by atoms with Gasteiger partial charge in [0.15, 0.2) is 17.3 Å². The Kier molecular flexibility index (Phi) is 10.6. The maximum atomic E-state index is 15.8. The van der Waals surface area contributed by atoms with E-state index in [0.29, 0.717) is 61.9 Å². The highest BCUT2D eigenvalue weighted by molar-refractivity contribution is 6.11. The third-order valence-electron chi connectivity index (χ3n) is 12.1. The fourth-order valence-corrected chi connectivity index (χ4v) is 8.86. The Morgan fingerprint density at radius 2 is 0.957 bits per heavy atom. The molecular formula is C59H34F3N7. The quantitative estimate of drug-likeness (QED) is 0.142. The van der Waals surface area contributed by atoms with Crippen molar-refractivity contribution in [2.45, 2.75) is 6.18 Å². The van der Waals surface area contributed by atoms with Crippen molar-refractivity contribution < 1.29 is 13.2 Å². The van der Waals surface area contributed by atoms with Gasteiger partial charge in [-0.1, -0.05) is 158 Å². The number of aromatic nitrogens is 5. The van der Waals surface area contributed by atoms with Gasteiger partial charge in [0, 0.05) is 49.7 Å². The number of benzene rings is 8. The molecule has 69 heavy (non-hydrogen) atoms. The molecule has 8 aromatic carbocycles. The summed E-state index contributed by atoms with van der Waals surface area (Å²) in [6, 6.07) is 64.4. The van der Waals surface area contributed by atoms with Crippen molar-refractivity contribution in [1.29, 1.82) is 5.26 Å². The van der Waals surface area contributed by atoms with E-state index >= 15 is 13.2 Å². The highest BCUT2D eigenvalue weighted by Crippen LogP contribution is 2.46. The van der Waals surface area contributed by atoms with Crippen molar-refractivity contribution in [3.05, 3.63) is 229 Å². The minimum Gasteiger partial charge on any atom is -0.308 e. The van der Waals surface area contributed by atoms with E-state index < -0.39 is 11.7 Å². The van der Waals surface area contributed by atoms with E-state index in [2.05, 4.69) is 10.9 Å². The second-order valence-corrected chi connectivity index (χ2v) is 16.3. The molecule has 0 amide bonds. The van der Waals surface area contributed by atoms with E-state index in [9.17, 15) is 5.26 Å². The van der Waals surface area contributed by atoms with Gasteiger partial charge in [-0.2, -0.15) is 18.4 Å². The molecule has 0 radical (unpaired) electrons. The highest BCUT2D eigenvalue weighted by atomic mass is 19.4. The molecule has 0 spiro atoms. The number of halogens is 3. The molecule has 0 saturated carbocycles. The van der Waals surface area contributed by atoms with Gasteiger partial charge in [0.2, 0.25) is 0 Å². The molecular weight excluding hydrogens is 864 g/mol. The lowest BCUT2D eigenvalue weighted by molar-refractivity contribution is -0.137. The molecule has 0 unspecified atom stereocenters. The maximum absolute atomic E-state index is 15.8. The van der Waals surface area contributed by atoms with Gasteiger partial charge in [-0.15, -0.1) is 0 Å². The van der Waals surface area contributed by atoms with Crippen molar-refractivity contribution in [3.63, 3.8) is 0 Å². The molecule has 3 heterocycles. The topological polar surface area (TPSA) is 84.6 Å². The summed E-state index contributed by atoms with van der Waals surface area (Å²) < 4.78 is 49.3. The summed E-state index contributed by atoms with van der Waals surface area (Å²) in [5.74, 6) is 0.380. The second-order valence-electron chi connectivity index (χ2n) is 16.3. The number of nitrogens with zero attached hydrogens (tertiary/aromatic N) is 7. The summed E-state index contributed by atoms with van der Waals surface area (Å²) in [4.78, 5) is 24.2. The van der Waals surface area contributed by atoms with Crippen LogP contribution in [0.15, 0.2) is 206 Å². The lowest BCUT2D eigenvalue weighted by Crippen LogP contribution is -2.11. The fraction of sp³-hybridized carbons (Fsp3) is 0.0169. The zero-order valence-electron chi connectivity index (χ0n) is 36.4. The first-order chi connectivity index (χ1) is 33.7. The summed E-state index contributed by atoms with van der Waals surface area (Å²) in [5.41, 5.74) is 7.61. The van der Waals surface area contributed by atoms with Gasteiger partial charge in [0.05, 0.1) is 57.7 Å². The van der Waals surface area contributed by atoms with Gasteiger partial charge in [0.1, 0.15) is 0 Å². The molecule has 0 aliphatic rings. The summed E-state index contributed by atoms with van der Waals surface area (Å²) in [5, 5.41) is 11.3. The van der Waals surface area contributed by atoms with Crippen LogP contribution in [0.2, 0.25) is 0 Å². The van der Waals surface area contributed by atoms with E-state index in [1.54, 1.807) is 24.3 Å². The normalized spacial score (nSPS) is 11.4. The molecule has 3 aromatic heterocycles. The van der Waals surface area contributed by atoms with Gasteiger partial charge >= 0.3 is 6.18 Å². The molecule has 0 N–H and O–H groups in total. The summed E-state index contributed by atoms with van der Waals surface area (Å²) in [6.07, 6.45) is -4.82. The molecule has 0 atom stereocenters. The van der Waals surface area contributed by atoms with Crippen LogP contribution in [-0.4, -0.2) is 24.5 Å². The van der Waals surface area contributed by atoms with Crippen molar-refractivity contribution in [2.75, 3.05) is 0 Å². The van der Waals surface area contributed by atoms with Gasteiger partial charge < -0.3 is 4.57 Å². The average Bonchev–Trinajstić information content (AvgIpc) is 3.74. The predicted molar refractivity (Wildman–Crippen MR) is 266 cm³/mol. The molecule has 0 fully saturated rings. The van der Waals surface area contributed by atoms with Crippen LogP contribution in [0.4, 0.5) is 18.9 Å². The van der Waals surface area contributed by atoms with Crippen LogP contribution in [0.1, 0.15) is 11.1 Å². The van der Waals surface area contributed by atoms with E-state index in [4.69, 9.17) is 26.5 Å². The zero-order chi connectivity index (χ0) is 47.1. The number of hydrogen-bond acceptors (Lipinski definition) is 5. The van der Waals surface area contributed by atoms with Crippen molar-refractivity contribution in [1.82, 2.24) is 24.5 Å². The minimum absolute atomic E-state index is 0.0580. The molecule has 10 heteroatoms. The van der Waals surface area contributed by atoms with E-state index in [1.165, 1.54) is 0 Å². The Balaban J connectivity index is 1.32. The van der Waals surface area contributed by atoms with Crippen LogP contribution in [0.25, 0.3) is 111 Å². The number of fused-ring (bicyclic) bond motifs is 3. The van der Waals surface area contributed by atoms with Crippen LogP contribution in [-0.2, 0) is 6.18 Å². The third kappa shape index (κ3) is 7.92. The molecule has 11 rings (SSSR count). The summed E-state index contributed by atoms with van der Waals surface area (Å²) in [6.45, 7) is 8.06. The molecule has 0 saturated heterocycles. The number of rotatable bonds is 8. The smallest absolute Gasteiger partial charge is 0.308 e. The molecule has 0 bridgehead atoms. The lowest BCUT2D eigenvalue weighted by Gasteiger charge is -2.22. The minimum atomic E-state index is -4.82. The summed E-state index contributed by atoms with van der Waals surface area (Å²) >= 11 is 0. The van der Waals surface area contributed by atoms with Gasteiger partial charge in [-0.25, -0.2) is 24.8 Å². The van der Waals surface area contributed by atoms with Crippen LogP contribution in [0, 0.1) is 17.9 Å². The Hall–Kier alpha value is -9.51. The molecule has 0 aliphatic heterocycles. The standard InChI is InChI=1S/C59H34F3N7/c1-64-52-30-37(36-63)26-28-44(52)42-27-29-46-45-24-14-15-25-54(45)69(55(46)31-42)56-47(53-35-51(40-20-10-4-11-21-40)65-57(68-53)41-22-12-5-13-23-41)32-43(59(60,61)62)33-48(56)58-66-49(38-16-6-2-7-17-38)34-50(67-58)39-18-8-3-9-19-39/h2-35H. The maximum Gasteiger partial charge on any atom is 0.416 e. The lowest BCUT2D eigenvalue weighted by atomic mass is 9.96. The molecule has 11 aromatic rings. The first-order valence-electron chi connectivity index (χ1n) is 22.0. The van der Waals surface area contributed by atoms with Crippen LogP contribution in [0.3, 0.4) is 0 Å². The third-order valence-corrected chi connectivity index (χ3v) is 12.1. The van der Waals surface area contributed by atoms with E-state index in [-0.39, 0.29) is 28.3 Å². The van der Waals surface area contributed by atoms with Crippen molar-refractivity contribution in [3.8, 4) is 90.7 Å². The number of hydrogen-bond donors (Lipinski definition) is 0. The SMILES string of the molecule is [C-]#[N+]c1cc(C#N)ccc1-c1ccc2c3ccccc3n(-c3c(-c4cc(-c5ccccc5)nc(-c5ccccc5)n4)cc(C(F)(F)F)cc3-c3nc(-c4ccccc4)cc(-c4ccccc4)n3)c2c1. The Morgan fingerprint density at radius 3 is 1.54 bits per heavy atom. The average molecular weight is 898 g/mol. The van der Waals surface area contributed by atoms with Crippen LogP contribution >= 0.6 is 0 Å². The Morgan fingerprint density at radius 1 is 0.449 bits per heavy atom. The number of para-hydroxylation sites is 1. The van der Waals surface area contributed by atoms with Crippen molar-refractivity contribution in [2.24, 2.45) is 0 Å². The summed E-state index contributed by atoms with van der Waals surface area (Å²) in [7, 11) is 0. The van der Waals surface area contributed by atoms with Gasteiger partial charge in [-0.05, 0) is 59.7 Å². The van der Waals surface area contributed by atoms with Gasteiger partial charge in [0.25, 0.3) is 0 Å². The Bertz CT molecular complexity index is 3580. The zero-order valence-corrected chi connectivity index (χ0v) is 36.4. The predicted octanol–water partition coefficient (Wildman–Crippen LogP) is 15.5. The van der Waals surface area contributed by atoms with E-state index in [0.717, 1.165) is 39.6 Å². The fourth-order valence-electron chi connectivity index (χ4n) is 8.86. The van der Waals surface area contributed by atoms with Crippen LogP contribution < -0.4 is 0 Å². The number of alkyl halides is 3. The van der Waals surface area contributed by atoms with Crippen molar-refractivity contribution >= 4 is 27.5 Å². The number of nitriles is 1. The second kappa shape index (κ2) is 17.4. The largest absolute Gasteiger partial charge is 0.416 e. The molecule has 7 nitrogen and oxygen atoms in total. The Labute approximate surface area is 394 Å². The first-order valence-corrected chi connectivity index (χ1v) is 22.0. The first kappa shape index (κ1) is 42.1. The highest BCUT2D eigenvalue weighted by Gasteiger charge is 2.35.